The maximum atomic E-state index is 13.9. The zero-order chi connectivity index (χ0) is 14.7. The maximum absolute atomic E-state index is 13.9. The van der Waals surface area contributed by atoms with Crippen molar-refractivity contribution in [1.82, 2.24) is 5.32 Å². The molecular formula is C16H17BrFNO. The van der Waals surface area contributed by atoms with Crippen molar-refractivity contribution in [3.8, 4) is 5.75 Å². The summed E-state index contributed by atoms with van der Waals surface area (Å²) in [7, 11) is 3.32. The molecule has 1 unspecified atom stereocenters. The lowest BCUT2D eigenvalue weighted by Crippen LogP contribution is -2.18. The van der Waals surface area contributed by atoms with E-state index in [1.54, 1.807) is 6.07 Å². The molecule has 0 fully saturated rings. The van der Waals surface area contributed by atoms with E-state index in [1.807, 2.05) is 32.2 Å². The second-order valence-corrected chi connectivity index (χ2v) is 5.49. The van der Waals surface area contributed by atoms with Gasteiger partial charge in [0, 0.05) is 4.47 Å². The van der Waals surface area contributed by atoms with Crippen LogP contribution in [0.5, 0.6) is 5.75 Å². The number of nitrogens with one attached hydrogen (secondary N) is 1. The van der Waals surface area contributed by atoms with Gasteiger partial charge in [-0.2, -0.15) is 0 Å². The Bertz CT molecular complexity index is 615. The Morgan fingerprint density at radius 3 is 2.50 bits per heavy atom. The first-order valence-corrected chi connectivity index (χ1v) is 7.13. The second-order valence-electron chi connectivity index (χ2n) is 4.64. The van der Waals surface area contributed by atoms with Crippen molar-refractivity contribution in [2.75, 3.05) is 14.2 Å². The van der Waals surface area contributed by atoms with Gasteiger partial charge < -0.3 is 10.1 Å². The molecule has 0 bridgehead atoms. The van der Waals surface area contributed by atoms with Gasteiger partial charge >= 0.3 is 0 Å². The summed E-state index contributed by atoms with van der Waals surface area (Å²) in [4.78, 5) is 0. The molecule has 0 saturated carbocycles. The summed E-state index contributed by atoms with van der Waals surface area (Å²) in [6.45, 7) is 2.04. The van der Waals surface area contributed by atoms with Crippen LogP contribution in [-0.2, 0) is 0 Å². The SMILES string of the molecule is CNC(c1ccc(OC)c(F)c1)c1ccc(C)cc1Br. The van der Waals surface area contributed by atoms with E-state index in [0.717, 1.165) is 15.6 Å². The van der Waals surface area contributed by atoms with Crippen molar-refractivity contribution in [3.63, 3.8) is 0 Å². The number of ether oxygens (including phenoxy) is 1. The molecule has 1 N–H and O–H groups in total. The van der Waals surface area contributed by atoms with Crippen LogP contribution in [0.4, 0.5) is 4.39 Å². The third-order valence-corrected chi connectivity index (χ3v) is 3.95. The molecule has 0 aliphatic rings. The number of methoxy groups -OCH3 is 1. The van der Waals surface area contributed by atoms with Crippen LogP contribution in [0, 0.1) is 12.7 Å². The Labute approximate surface area is 127 Å². The van der Waals surface area contributed by atoms with Gasteiger partial charge in [0.05, 0.1) is 13.2 Å². The predicted octanol–water partition coefficient (Wildman–Crippen LogP) is 4.21. The van der Waals surface area contributed by atoms with Crippen molar-refractivity contribution in [1.29, 1.82) is 0 Å². The molecule has 2 nitrogen and oxygen atoms in total. The first-order valence-electron chi connectivity index (χ1n) is 6.33. The van der Waals surface area contributed by atoms with E-state index in [4.69, 9.17) is 4.74 Å². The van der Waals surface area contributed by atoms with E-state index >= 15 is 0 Å². The van der Waals surface area contributed by atoms with Gasteiger partial charge in [0.15, 0.2) is 11.6 Å². The molecule has 0 aliphatic carbocycles. The molecule has 0 radical (unpaired) electrons. The Morgan fingerprint density at radius 2 is 1.95 bits per heavy atom. The molecular weight excluding hydrogens is 321 g/mol. The third-order valence-electron chi connectivity index (χ3n) is 3.26. The summed E-state index contributed by atoms with van der Waals surface area (Å²) < 4.78 is 19.8. The highest BCUT2D eigenvalue weighted by Crippen LogP contribution is 2.31. The summed E-state index contributed by atoms with van der Waals surface area (Å²) in [5.74, 6) is -0.0972. The molecule has 0 aliphatic heterocycles. The van der Waals surface area contributed by atoms with Gasteiger partial charge in [-0.05, 0) is 48.9 Å². The standard InChI is InChI=1S/C16H17BrFNO/c1-10-4-6-12(13(17)8-10)16(19-2)11-5-7-15(20-3)14(18)9-11/h4-9,16,19H,1-3H3. The van der Waals surface area contributed by atoms with Gasteiger partial charge in [-0.3, -0.25) is 0 Å². The number of benzene rings is 2. The number of halogens is 2. The summed E-state index contributed by atoms with van der Waals surface area (Å²) in [6, 6.07) is 11.1. The van der Waals surface area contributed by atoms with E-state index < -0.39 is 0 Å². The fraction of sp³-hybridized carbons (Fsp3) is 0.250. The van der Waals surface area contributed by atoms with Gasteiger partial charge in [-0.15, -0.1) is 0 Å². The van der Waals surface area contributed by atoms with Crippen LogP contribution in [0.25, 0.3) is 0 Å². The van der Waals surface area contributed by atoms with Crippen LogP contribution in [0.15, 0.2) is 40.9 Å². The van der Waals surface area contributed by atoms with Gasteiger partial charge in [-0.25, -0.2) is 4.39 Å². The fourth-order valence-corrected chi connectivity index (χ4v) is 2.95. The van der Waals surface area contributed by atoms with Crippen LogP contribution >= 0.6 is 15.9 Å². The molecule has 0 aromatic heterocycles. The zero-order valence-corrected chi connectivity index (χ0v) is 13.3. The molecule has 2 aromatic rings. The van der Waals surface area contributed by atoms with Crippen molar-refractivity contribution in [2.45, 2.75) is 13.0 Å². The highest BCUT2D eigenvalue weighted by molar-refractivity contribution is 9.10. The lowest BCUT2D eigenvalue weighted by atomic mass is 9.98. The summed E-state index contributed by atoms with van der Waals surface area (Å²) >= 11 is 3.57. The molecule has 0 saturated heterocycles. The Balaban J connectivity index is 2.44. The Kier molecular flexibility index (Phi) is 4.78. The molecule has 0 spiro atoms. The van der Waals surface area contributed by atoms with Crippen molar-refractivity contribution >= 4 is 15.9 Å². The average molecular weight is 338 g/mol. The van der Waals surface area contributed by atoms with Crippen molar-refractivity contribution in [3.05, 3.63) is 63.4 Å². The summed E-state index contributed by atoms with van der Waals surface area (Å²) in [5, 5.41) is 3.22. The zero-order valence-electron chi connectivity index (χ0n) is 11.7. The highest BCUT2D eigenvalue weighted by Gasteiger charge is 2.16. The van der Waals surface area contributed by atoms with E-state index in [2.05, 4.69) is 27.3 Å². The van der Waals surface area contributed by atoms with Crippen molar-refractivity contribution in [2.24, 2.45) is 0 Å². The van der Waals surface area contributed by atoms with Crippen LogP contribution in [0.3, 0.4) is 0 Å². The normalized spacial score (nSPS) is 12.2. The minimum Gasteiger partial charge on any atom is -0.494 e. The Morgan fingerprint density at radius 1 is 1.20 bits per heavy atom. The number of rotatable bonds is 4. The Hall–Kier alpha value is -1.39. The second kappa shape index (κ2) is 6.37. The van der Waals surface area contributed by atoms with Gasteiger partial charge in [0.2, 0.25) is 0 Å². The van der Waals surface area contributed by atoms with E-state index in [0.29, 0.717) is 0 Å². The van der Waals surface area contributed by atoms with Gasteiger partial charge in [0.25, 0.3) is 0 Å². The van der Waals surface area contributed by atoms with Gasteiger partial charge in [-0.1, -0.05) is 34.1 Å². The molecule has 2 rings (SSSR count). The van der Waals surface area contributed by atoms with Crippen LogP contribution < -0.4 is 10.1 Å². The monoisotopic (exact) mass is 337 g/mol. The minimum absolute atomic E-state index is 0.0784. The molecule has 1 atom stereocenters. The maximum Gasteiger partial charge on any atom is 0.165 e. The summed E-state index contributed by atoms with van der Waals surface area (Å²) in [6.07, 6.45) is 0. The number of aryl methyl sites for hydroxylation is 1. The number of hydrogen-bond donors (Lipinski definition) is 1. The van der Waals surface area contributed by atoms with Crippen molar-refractivity contribution < 1.29 is 9.13 Å². The first-order chi connectivity index (χ1) is 9.56. The molecule has 4 heteroatoms. The third kappa shape index (κ3) is 3.02. The molecule has 0 heterocycles. The topological polar surface area (TPSA) is 21.3 Å². The molecule has 106 valence electrons. The van der Waals surface area contributed by atoms with Crippen LogP contribution in [-0.4, -0.2) is 14.2 Å². The lowest BCUT2D eigenvalue weighted by Gasteiger charge is -2.19. The van der Waals surface area contributed by atoms with Gasteiger partial charge in [0.1, 0.15) is 0 Å². The van der Waals surface area contributed by atoms with Crippen LogP contribution in [0.1, 0.15) is 22.7 Å². The van der Waals surface area contributed by atoms with E-state index in [-0.39, 0.29) is 17.6 Å². The number of hydrogen-bond acceptors (Lipinski definition) is 2. The van der Waals surface area contributed by atoms with E-state index in [1.165, 1.54) is 18.7 Å². The lowest BCUT2D eigenvalue weighted by molar-refractivity contribution is 0.386. The van der Waals surface area contributed by atoms with E-state index in [9.17, 15) is 4.39 Å². The average Bonchev–Trinajstić information content (AvgIpc) is 2.42. The highest BCUT2D eigenvalue weighted by atomic mass is 79.9. The quantitative estimate of drug-likeness (QED) is 0.902. The molecule has 0 amide bonds. The van der Waals surface area contributed by atoms with Crippen LogP contribution in [0.2, 0.25) is 0 Å². The minimum atomic E-state index is -0.353. The first kappa shape index (κ1) is 15.0. The predicted molar refractivity (Wildman–Crippen MR) is 82.7 cm³/mol. The summed E-state index contributed by atoms with van der Waals surface area (Å²) in [5.41, 5.74) is 3.11. The smallest absolute Gasteiger partial charge is 0.165 e. The molecule has 20 heavy (non-hydrogen) atoms. The molecule has 2 aromatic carbocycles. The fourth-order valence-electron chi connectivity index (χ4n) is 2.23. The largest absolute Gasteiger partial charge is 0.494 e.